The molecular weight excluding hydrogens is 148 g/mol. The first-order valence-corrected chi connectivity index (χ1v) is 4.24. The van der Waals surface area contributed by atoms with Gasteiger partial charge in [-0.15, -0.1) is 0 Å². The Labute approximate surface area is 63.2 Å². The van der Waals surface area contributed by atoms with Crippen molar-refractivity contribution >= 4 is 11.1 Å². The topological polar surface area (TPSA) is 48.8 Å². The van der Waals surface area contributed by atoms with Gasteiger partial charge in [-0.3, -0.25) is 0 Å². The largest absolute Gasteiger partial charge is 0.546 e. The monoisotopic (exact) mass is 158 g/mol. The molecule has 0 saturated carbocycles. The van der Waals surface area contributed by atoms with Gasteiger partial charge in [0.1, 0.15) is 11.4 Å². The average Bonchev–Trinajstić information content (AvgIpc) is 2.10. The van der Waals surface area contributed by atoms with Crippen LogP contribution in [-0.4, -0.2) is 13.3 Å². The van der Waals surface area contributed by atoms with Gasteiger partial charge in [0.2, 0.25) is 0 Å². The zero-order chi connectivity index (χ0) is 7.72. The third-order valence-electron chi connectivity index (χ3n) is 1.31. The molecule has 1 aromatic heterocycles. The van der Waals surface area contributed by atoms with Crippen LogP contribution in [-0.2, 0) is 0 Å². The Kier molecular flexibility index (Phi) is 2.01. The number of nitrogens with zero attached hydrogens (tertiary/aromatic N) is 2. The molecule has 0 saturated heterocycles. The second kappa shape index (κ2) is 2.64. The van der Waals surface area contributed by atoms with Crippen LogP contribution in [0.2, 0.25) is 0 Å². The highest BCUT2D eigenvalue weighted by atomic mass is 32.2. The zero-order valence-electron chi connectivity index (χ0n) is 6.29. The predicted molar refractivity (Wildman–Crippen MR) is 39.5 cm³/mol. The Hall–Kier alpha value is -0.480. The zero-order valence-corrected chi connectivity index (χ0v) is 7.10. The molecule has 0 radical (unpaired) electrons. The van der Waals surface area contributed by atoms with E-state index in [-0.39, 0.29) is 0 Å². The summed E-state index contributed by atoms with van der Waals surface area (Å²) in [7, 11) is 0. The van der Waals surface area contributed by atoms with E-state index in [1.807, 2.05) is 20.8 Å². The Morgan fingerprint density at radius 1 is 1.40 bits per heavy atom. The SMILES string of the molecule is Cc1n[s+]([O-])nc1C(C)C. The summed E-state index contributed by atoms with van der Waals surface area (Å²) in [6.07, 6.45) is 0. The minimum Gasteiger partial charge on any atom is -0.546 e. The molecule has 1 heterocycles. The smallest absolute Gasteiger partial charge is 0.185 e. The van der Waals surface area contributed by atoms with E-state index in [1.165, 1.54) is 0 Å². The van der Waals surface area contributed by atoms with E-state index < -0.39 is 11.1 Å². The molecule has 1 rings (SSSR count). The molecule has 56 valence electrons. The second-order valence-electron chi connectivity index (χ2n) is 2.54. The van der Waals surface area contributed by atoms with Gasteiger partial charge in [-0.05, 0) is 15.7 Å². The van der Waals surface area contributed by atoms with Gasteiger partial charge in [0.05, 0.1) is 0 Å². The maximum absolute atomic E-state index is 10.7. The number of hydrogen-bond donors (Lipinski definition) is 0. The van der Waals surface area contributed by atoms with Crippen molar-refractivity contribution < 1.29 is 4.55 Å². The van der Waals surface area contributed by atoms with Crippen LogP contribution in [0.15, 0.2) is 0 Å². The highest BCUT2D eigenvalue weighted by Crippen LogP contribution is 2.18. The maximum atomic E-state index is 10.7. The van der Waals surface area contributed by atoms with E-state index >= 15 is 0 Å². The highest BCUT2D eigenvalue weighted by Gasteiger charge is 2.13. The van der Waals surface area contributed by atoms with Gasteiger partial charge in [0.25, 0.3) is 0 Å². The summed E-state index contributed by atoms with van der Waals surface area (Å²) in [6, 6.07) is 0. The van der Waals surface area contributed by atoms with Gasteiger partial charge in [-0.1, -0.05) is 13.8 Å². The molecule has 0 N–H and O–H groups in total. The third kappa shape index (κ3) is 1.33. The molecule has 0 aromatic carbocycles. The van der Waals surface area contributed by atoms with Gasteiger partial charge < -0.3 is 4.55 Å². The van der Waals surface area contributed by atoms with E-state index in [9.17, 15) is 4.55 Å². The van der Waals surface area contributed by atoms with E-state index in [4.69, 9.17) is 0 Å². The first-order chi connectivity index (χ1) is 4.61. The minimum atomic E-state index is -1.33. The Balaban J connectivity index is 3.03. The summed E-state index contributed by atoms with van der Waals surface area (Å²) in [4.78, 5) is 0. The fourth-order valence-corrected chi connectivity index (χ4v) is 1.74. The lowest BCUT2D eigenvalue weighted by Crippen LogP contribution is -1.89. The van der Waals surface area contributed by atoms with Crippen LogP contribution in [0.4, 0.5) is 0 Å². The molecule has 1 unspecified atom stereocenters. The summed E-state index contributed by atoms with van der Waals surface area (Å²) in [5, 5.41) is 0. The van der Waals surface area contributed by atoms with E-state index in [2.05, 4.69) is 8.75 Å². The van der Waals surface area contributed by atoms with Crippen molar-refractivity contribution in [3.8, 4) is 0 Å². The van der Waals surface area contributed by atoms with Crippen molar-refractivity contribution in [2.45, 2.75) is 26.7 Å². The van der Waals surface area contributed by atoms with Gasteiger partial charge in [-0.2, -0.15) is 0 Å². The molecule has 1 aromatic rings. The van der Waals surface area contributed by atoms with Gasteiger partial charge >= 0.3 is 0 Å². The average molecular weight is 158 g/mol. The first-order valence-electron chi connectivity index (χ1n) is 3.17. The van der Waals surface area contributed by atoms with Gasteiger partial charge in [0, 0.05) is 5.92 Å². The van der Waals surface area contributed by atoms with E-state index in [0.29, 0.717) is 5.92 Å². The van der Waals surface area contributed by atoms with Crippen LogP contribution in [0.25, 0.3) is 0 Å². The van der Waals surface area contributed by atoms with Crippen LogP contribution >= 0.6 is 11.1 Å². The normalized spacial score (nSPS) is 12.7. The Morgan fingerprint density at radius 2 is 2.00 bits per heavy atom. The predicted octanol–water partition coefficient (Wildman–Crippen LogP) is 1.64. The molecular formula is C6H10N2OS. The molecule has 1 atom stereocenters. The van der Waals surface area contributed by atoms with Crippen LogP contribution in [0, 0.1) is 6.92 Å². The highest BCUT2D eigenvalue weighted by molar-refractivity contribution is 7.13. The first kappa shape index (κ1) is 7.63. The fourth-order valence-electron chi connectivity index (χ4n) is 0.858. The lowest BCUT2D eigenvalue weighted by atomic mass is 10.1. The molecule has 0 aliphatic heterocycles. The Morgan fingerprint density at radius 3 is 2.20 bits per heavy atom. The molecule has 0 spiro atoms. The maximum Gasteiger partial charge on any atom is 0.185 e. The van der Waals surface area contributed by atoms with Crippen LogP contribution in [0.5, 0.6) is 0 Å². The molecule has 4 heteroatoms. The van der Waals surface area contributed by atoms with Crippen molar-refractivity contribution in [1.29, 1.82) is 0 Å². The van der Waals surface area contributed by atoms with Crippen molar-refractivity contribution in [2.24, 2.45) is 0 Å². The fraction of sp³-hybridized carbons (Fsp3) is 0.667. The summed E-state index contributed by atoms with van der Waals surface area (Å²) >= 11 is -1.33. The molecule has 0 bridgehead atoms. The summed E-state index contributed by atoms with van der Waals surface area (Å²) < 4.78 is 18.3. The number of hydrogen-bond acceptors (Lipinski definition) is 3. The number of aryl methyl sites for hydroxylation is 1. The van der Waals surface area contributed by atoms with Crippen LogP contribution in [0.3, 0.4) is 0 Å². The minimum absolute atomic E-state index is 0.329. The Bertz CT molecular complexity index is 232. The second-order valence-corrected chi connectivity index (χ2v) is 3.37. The molecule has 3 nitrogen and oxygen atoms in total. The van der Waals surface area contributed by atoms with Crippen molar-refractivity contribution in [3.05, 3.63) is 11.4 Å². The van der Waals surface area contributed by atoms with Crippen LogP contribution in [0.1, 0.15) is 31.2 Å². The molecule has 0 amide bonds. The van der Waals surface area contributed by atoms with Crippen molar-refractivity contribution in [2.75, 3.05) is 0 Å². The standard InChI is InChI=1S/C6H10N2OS/c1-4(2)6-5(3)7-10(9)8-6/h4H,1-3H3. The quantitative estimate of drug-likeness (QED) is 0.584. The van der Waals surface area contributed by atoms with Crippen LogP contribution < -0.4 is 0 Å². The lowest BCUT2D eigenvalue weighted by molar-refractivity contribution is 0.583. The van der Waals surface area contributed by atoms with Crippen molar-refractivity contribution in [3.63, 3.8) is 0 Å². The summed E-state index contributed by atoms with van der Waals surface area (Å²) in [5.74, 6) is 0.329. The molecule has 0 fully saturated rings. The number of aromatic nitrogens is 2. The molecule has 10 heavy (non-hydrogen) atoms. The van der Waals surface area contributed by atoms with Gasteiger partial charge in [-0.25, -0.2) is 0 Å². The number of rotatable bonds is 1. The van der Waals surface area contributed by atoms with E-state index in [1.54, 1.807) is 0 Å². The lowest BCUT2D eigenvalue weighted by Gasteiger charge is -1.94. The third-order valence-corrected chi connectivity index (χ3v) is 2.09. The molecule has 0 aliphatic carbocycles. The van der Waals surface area contributed by atoms with Crippen molar-refractivity contribution in [1.82, 2.24) is 8.75 Å². The summed E-state index contributed by atoms with van der Waals surface area (Å²) in [5.41, 5.74) is 1.69. The van der Waals surface area contributed by atoms with E-state index in [0.717, 1.165) is 11.4 Å². The van der Waals surface area contributed by atoms with Gasteiger partial charge in [0.15, 0.2) is 11.1 Å². The molecule has 0 aliphatic rings. The summed E-state index contributed by atoms with van der Waals surface area (Å²) in [6.45, 7) is 5.87.